The first-order chi connectivity index (χ1) is 8.31. The van der Waals surface area contributed by atoms with Gasteiger partial charge >= 0.3 is 0 Å². The van der Waals surface area contributed by atoms with Gasteiger partial charge in [0.25, 0.3) is 0 Å². The molecule has 17 heavy (non-hydrogen) atoms. The average molecular weight is 258 g/mol. The zero-order chi connectivity index (χ0) is 12.1. The monoisotopic (exact) mass is 257 g/mol. The summed E-state index contributed by atoms with van der Waals surface area (Å²) in [6, 6.07) is 0.482. The fourth-order valence-electron chi connectivity index (χ4n) is 3.06. The first-order valence-electron chi connectivity index (χ1n) is 7.16. The minimum atomic E-state index is 0.363. The van der Waals surface area contributed by atoms with Crippen LogP contribution in [0.5, 0.6) is 0 Å². The molecule has 2 nitrogen and oxygen atoms in total. The fraction of sp³-hybridized carbons (Fsp3) is 0.929. The van der Waals surface area contributed by atoms with E-state index in [1.165, 1.54) is 51.4 Å². The van der Waals surface area contributed by atoms with Gasteiger partial charge in [0.15, 0.2) is 0 Å². The van der Waals surface area contributed by atoms with Crippen molar-refractivity contribution < 1.29 is 4.79 Å². The van der Waals surface area contributed by atoms with E-state index in [1.807, 2.05) is 0 Å². The molecule has 0 aromatic heterocycles. The van der Waals surface area contributed by atoms with Crippen molar-refractivity contribution in [2.45, 2.75) is 63.8 Å². The number of halogens is 1. The molecule has 0 spiro atoms. The second kappa shape index (κ2) is 6.63. The van der Waals surface area contributed by atoms with Crippen molar-refractivity contribution in [1.29, 1.82) is 0 Å². The molecule has 2 aliphatic carbocycles. The summed E-state index contributed by atoms with van der Waals surface area (Å²) in [6.07, 6.45) is 10.9. The summed E-state index contributed by atoms with van der Waals surface area (Å²) < 4.78 is 0. The summed E-state index contributed by atoms with van der Waals surface area (Å²) in [7, 11) is 0. The molecule has 0 aromatic carbocycles. The van der Waals surface area contributed by atoms with E-state index in [0.29, 0.717) is 23.7 Å². The molecule has 0 heterocycles. The van der Waals surface area contributed by atoms with Crippen LogP contribution in [0.15, 0.2) is 0 Å². The molecule has 0 atom stereocenters. The van der Waals surface area contributed by atoms with Crippen LogP contribution in [0.4, 0.5) is 0 Å². The van der Waals surface area contributed by atoms with Gasteiger partial charge in [-0.2, -0.15) is 0 Å². The van der Waals surface area contributed by atoms with Crippen molar-refractivity contribution >= 4 is 17.5 Å². The Morgan fingerprint density at radius 2 is 1.76 bits per heavy atom. The van der Waals surface area contributed by atoms with Gasteiger partial charge in [0.1, 0.15) is 0 Å². The molecule has 0 N–H and O–H groups in total. The third kappa shape index (κ3) is 3.61. The van der Waals surface area contributed by atoms with Crippen molar-refractivity contribution in [3.05, 3.63) is 0 Å². The van der Waals surface area contributed by atoms with Crippen molar-refractivity contribution in [3.63, 3.8) is 0 Å². The molecule has 0 bridgehead atoms. The maximum absolute atomic E-state index is 12.3. The van der Waals surface area contributed by atoms with E-state index in [0.717, 1.165) is 13.0 Å². The number of alkyl halides is 1. The summed E-state index contributed by atoms with van der Waals surface area (Å²) >= 11 is 5.85. The van der Waals surface area contributed by atoms with E-state index in [9.17, 15) is 4.79 Å². The number of amides is 1. The molecular weight excluding hydrogens is 234 g/mol. The van der Waals surface area contributed by atoms with Crippen LogP contribution in [0.3, 0.4) is 0 Å². The Bertz CT molecular complexity index is 247. The maximum atomic E-state index is 12.3. The molecule has 0 aromatic rings. The van der Waals surface area contributed by atoms with Gasteiger partial charge in [0.05, 0.1) is 0 Å². The van der Waals surface area contributed by atoms with Crippen molar-refractivity contribution in [2.75, 3.05) is 12.4 Å². The van der Waals surface area contributed by atoms with Crippen LogP contribution in [0.1, 0.15) is 57.8 Å². The first-order valence-corrected chi connectivity index (χ1v) is 7.70. The van der Waals surface area contributed by atoms with Gasteiger partial charge in [-0.05, 0) is 31.6 Å². The predicted molar refractivity (Wildman–Crippen MR) is 71.3 cm³/mol. The molecule has 0 unspecified atom stereocenters. The maximum Gasteiger partial charge on any atom is 0.223 e. The van der Waals surface area contributed by atoms with Gasteiger partial charge in [0.2, 0.25) is 5.91 Å². The van der Waals surface area contributed by atoms with Crippen LogP contribution < -0.4 is 0 Å². The molecular formula is C14H24ClNO. The third-order valence-corrected chi connectivity index (χ3v) is 4.52. The van der Waals surface area contributed by atoms with Crippen LogP contribution in [-0.4, -0.2) is 29.3 Å². The van der Waals surface area contributed by atoms with Gasteiger partial charge in [-0.3, -0.25) is 4.79 Å². The van der Waals surface area contributed by atoms with Crippen molar-refractivity contribution in [3.8, 4) is 0 Å². The van der Waals surface area contributed by atoms with E-state index in [1.54, 1.807) is 0 Å². The normalized spacial score (nSPS) is 22.2. The fourth-order valence-corrected chi connectivity index (χ4v) is 3.24. The van der Waals surface area contributed by atoms with Crippen LogP contribution in [0.25, 0.3) is 0 Å². The second-order valence-corrected chi connectivity index (χ2v) is 5.95. The lowest BCUT2D eigenvalue weighted by molar-refractivity contribution is -0.135. The molecule has 2 saturated carbocycles. The van der Waals surface area contributed by atoms with E-state index in [4.69, 9.17) is 11.6 Å². The van der Waals surface area contributed by atoms with E-state index in [2.05, 4.69) is 4.90 Å². The Kier molecular flexibility index (Phi) is 5.15. The largest absolute Gasteiger partial charge is 0.339 e. The predicted octanol–water partition coefficient (Wildman–Crippen LogP) is 3.58. The lowest BCUT2D eigenvalue weighted by Gasteiger charge is -2.36. The molecule has 0 saturated heterocycles. The summed E-state index contributed by atoms with van der Waals surface area (Å²) in [5.41, 5.74) is 0. The lowest BCUT2D eigenvalue weighted by atomic mass is 9.82. The smallest absolute Gasteiger partial charge is 0.223 e. The van der Waals surface area contributed by atoms with Crippen LogP contribution in [0.2, 0.25) is 0 Å². The number of carbonyl (C=O) groups is 1. The Balaban J connectivity index is 1.86. The highest BCUT2D eigenvalue weighted by molar-refractivity contribution is 6.18. The molecule has 0 radical (unpaired) electrons. The highest BCUT2D eigenvalue weighted by atomic mass is 35.5. The third-order valence-electron chi connectivity index (χ3n) is 4.35. The Labute approximate surface area is 110 Å². The molecule has 98 valence electrons. The summed E-state index contributed by atoms with van der Waals surface area (Å²) in [6.45, 7) is 0.748. The number of nitrogens with zero attached hydrogens (tertiary/aromatic N) is 1. The Morgan fingerprint density at radius 1 is 1.06 bits per heavy atom. The number of hydrogen-bond acceptors (Lipinski definition) is 1. The Hall–Kier alpha value is -0.240. The lowest BCUT2D eigenvalue weighted by Crippen LogP contribution is -2.43. The van der Waals surface area contributed by atoms with Gasteiger partial charge in [-0.25, -0.2) is 0 Å². The van der Waals surface area contributed by atoms with Crippen molar-refractivity contribution in [2.24, 2.45) is 5.92 Å². The summed E-state index contributed by atoms with van der Waals surface area (Å²) in [5.74, 6) is 1.61. The van der Waals surface area contributed by atoms with Crippen LogP contribution >= 0.6 is 11.6 Å². The molecule has 2 rings (SSSR count). The topological polar surface area (TPSA) is 20.3 Å². The zero-order valence-electron chi connectivity index (χ0n) is 10.7. The Morgan fingerprint density at radius 3 is 2.29 bits per heavy atom. The molecule has 1 amide bonds. The molecule has 2 fully saturated rings. The van der Waals surface area contributed by atoms with Crippen LogP contribution in [-0.2, 0) is 4.79 Å². The quantitative estimate of drug-likeness (QED) is 0.690. The second-order valence-electron chi connectivity index (χ2n) is 5.57. The van der Waals surface area contributed by atoms with Gasteiger partial charge in [-0.15, -0.1) is 11.6 Å². The number of carbonyl (C=O) groups excluding carboxylic acids is 1. The van der Waals surface area contributed by atoms with Gasteiger partial charge < -0.3 is 4.90 Å². The summed E-state index contributed by atoms with van der Waals surface area (Å²) in [4.78, 5) is 14.4. The molecule has 3 heteroatoms. The standard InChI is InChI=1S/C14H24ClNO/c15-9-10-16(13-7-2-1-3-8-13)14(17)11-12-5-4-6-12/h12-13H,1-11H2. The average Bonchev–Trinajstić information content (AvgIpc) is 2.31. The minimum Gasteiger partial charge on any atom is -0.339 e. The first kappa shape index (κ1) is 13.2. The minimum absolute atomic E-state index is 0.363. The van der Waals surface area contributed by atoms with E-state index >= 15 is 0 Å². The van der Waals surface area contributed by atoms with Crippen LogP contribution in [0, 0.1) is 5.92 Å². The zero-order valence-corrected chi connectivity index (χ0v) is 11.4. The SMILES string of the molecule is O=C(CC1CCC1)N(CCCl)C1CCCCC1. The molecule has 0 aliphatic heterocycles. The number of rotatable bonds is 5. The highest BCUT2D eigenvalue weighted by Crippen LogP contribution is 2.31. The van der Waals surface area contributed by atoms with Gasteiger partial charge in [0, 0.05) is 24.9 Å². The van der Waals surface area contributed by atoms with Gasteiger partial charge in [-0.1, -0.05) is 25.7 Å². The number of hydrogen-bond donors (Lipinski definition) is 0. The summed E-state index contributed by atoms with van der Waals surface area (Å²) in [5, 5.41) is 0. The molecule has 2 aliphatic rings. The van der Waals surface area contributed by atoms with E-state index < -0.39 is 0 Å². The van der Waals surface area contributed by atoms with Crippen molar-refractivity contribution in [1.82, 2.24) is 4.90 Å². The van der Waals surface area contributed by atoms with E-state index in [-0.39, 0.29) is 0 Å². The highest BCUT2D eigenvalue weighted by Gasteiger charge is 2.28.